The number of Topliss-reactive ketones (excluding diaryl/α,β-unsaturated/α-hetero) is 1. The van der Waals surface area contributed by atoms with Crippen LogP contribution in [0.2, 0.25) is 10.0 Å². The van der Waals surface area contributed by atoms with E-state index in [0.29, 0.717) is 12.8 Å². The van der Waals surface area contributed by atoms with Crippen LogP contribution in [0.15, 0.2) is 18.6 Å². The number of pyridine rings is 1. The molecule has 2 aliphatic carbocycles. The van der Waals surface area contributed by atoms with Gasteiger partial charge in [-0.15, -0.1) is 0 Å². The van der Waals surface area contributed by atoms with E-state index in [-0.39, 0.29) is 46.7 Å². The van der Waals surface area contributed by atoms with E-state index in [1.54, 1.807) is 0 Å². The van der Waals surface area contributed by atoms with E-state index in [1.165, 1.54) is 17.3 Å². The third-order valence-electron chi connectivity index (χ3n) is 7.78. The number of hydrogen-bond acceptors (Lipinski definition) is 5. The van der Waals surface area contributed by atoms with E-state index < -0.39 is 59.6 Å². The minimum Gasteiger partial charge on any atom is -0.481 e. The Morgan fingerprint density at radius 2 is 1.69 bits per heavy atom. The van der Waals surface area contributed by atoms with Crippen molar-refractivity contribution in [2.45, 2.75) is 77.1 Å². The second-order valence-electron chi connectivity index (χ2n) is 11.1. The Labute approximate surface area is 233 Å². The maximum atomic E-state index is 14.4. The van der Waals surface area contributed by atoms with E-state index in [4.69, 9.17) is 23.2 Å². The highest BCUT2D eigenvalue weighted by molar-refractivity contribution is 6.39. The Balaban J connectivity index is 1.70. The summed E-state index contributed by atoms with van der Waals surface area (Å²) in [7, 11) is 0. The lowest BCUT2D eigenvalue weighted by Crippen LogP contribution is -2.43. The first-order chi connectivity index (χ1) is 18.2. The molecule has 1 N–H and O–H groups in total. The first-order valence-corrected chi connectivity index (χ1v) is 13.5. The van der Waals surface area contributed by atoms with Crippen LogP contribution in [0, 0.1) is 11.3 Å². The van der Waals surface area contributed by atoms with Crippen LogP contribution < -0.4 is 0 Å². The van der Waals surface area contributed by atoms with Crippen LogP contribution in [0.4, 0.5) is 13.2 Å². The number of carbonyl (C=O) groups excluding carboxylic acids is 2. The summed E-state index contributed by atoms with van der Waals surface area (Å²) in [6.45, 7) is 3.48. The maximum Gasteiger partial charge on any atom is 0.433 e. The molecule has 39 heavy (non-hydrogen) atoms. The summed E-state index contributed by atoms with van der Waals surface area (Å²) in [5, 5.41) is 13.2. The summed E-state index contributed by atoms with van der Waals surface area (Å²) in [6, 6.07) is -1.18. The highest BCUT2D eigenvalue weighted by atomic mass is 35.5. The Kier molecular flexibility index (Phi) is 8.33. The molecule has 2 aromatic heterocycles. The van der Waals surface area contributed by atoms with Gasteiger partial charge in [-0.05, 0) is 50.4 Å². The number of aliphatic carboxylic acids is 1. The molecular weight excluding hydrogens is 560 g/mol. The number of halogens is 5. The zero-order valence-corrected chi connectivity index (χ0v) is 23.0. The van der Waals surface area contributed by atoms with Gasteiger partial charge in [0, 0.05) is 18.4 Å². The molecule has 2 aliphatic rings. The van der Waals surface area contributed by atoms with Crippen molar-refractivity contribution in [1.82, 2.24) is 19.7 Å². The third kappa shape index (κ3) is 6.24. The molecule has 8 nitrogen and oxygen atoms in total. The fourth-order valence-corrected chi connectivity index (χ4v) is 6.32. The van der Waals surface area contributed by atoms with Gasteiger partial charge in [0.1, 0.15) is 0 Å². The van der Waals surface area contributed by atoms with E-state index >= 15 is 0 Å². The lowest BCUT2D eigenvalue weighted by molar-refractivity contribution is -0.147. The normalized spacial score (nSPS) is 23.0. The van der Waals surface area contributed by atoms with Crippen molar-refractivity contribution < 1.29 is 32.7 Å². The zero-order chi connectivity index (χ0) is 28.7. The summed E-state index contributed by atoms with van der Waals surface area (Å²) in [5.41, 5.74) is -2.06. The molecule has 0 aromatic carbocycles. The summed E-state index contributed by atoms with van der Waals surface area (Å²) in [4.78, 5) is 43.4. The van der Waals surface area contributed by atoms with Gasteiger partial charge in [0.25, 0.3) is 5.91 Å². The van der Waals surface area contributed by atoms with Crippen LogP contribution in [0.3, 0.4) is 0 Å². The van der Waals surface area contributed by atoms with Gasteiger partial charge in [-0.2, -0.15) is 18.3 Å². The van der Waals surface area contributed by atoms with Crippen LogP contribution >= 0.6 is 23.2 Å². The minimum atomic E-state index is -4.91. The average Bonchev–Trinajstić information content (AvgIpc) is 3.45. The summed E-state index contributed by atoms with van der Waals surface area (Å²) in [6.07, 6.45) is 0.998. The lowest BCUT2D eigenvalue weighted by Gasteiger charge is -2.31. The molecule has 1 atom stereocenters. The molecule has 0 saturated heterocycles. The molecule has 0 radical (unpaired) electrons. The molecular formula is C26H29Cl2F3N4O4. The smallest absolute Gasteiger partial charge is 0.433 e. The molecule has 2 saturated carbocycles. The zero-order valence-electron chi connectivity index (χ0n) is 21.5. The largest absolute Gasteiger partial charge is 0.481 e. The van der Waals surface area contributed by atoms with Crippen LogP contribution in [0.25, 0.3) is 0 Å². The van der Waals surface area contributed by atoms with E-state index in [2.05, 4.69) is 10.1 Å². The highest BCUT2D eigenvalue weighted by Crippen LogP contribution is 2.42. The summed E-state index contributed by atoms with van der Waals surface area (Å²) < 4.78 is 44.1. The Hall–Kier alpha value is -2.66. The summed E-state index contributed by atoms with van der Waals surface area (Å²) >= 11 is 12.3. The predicted octanol–water partition coefficient (Wildman–Crippen LogP) is 6.32. The fourth-order valence-electron chi connectivity index (χ4n) is 5.74. The van der Waals surface area contributed by atoms with E-state index in [0.717, 1.165) is 17.3 Å². The second kappa shape index (κ2) is 11.1. The monoisotopic (exact) mass is 588 g/mol. The van der Waals surface area contributed by atoms with Crippen molar-refractivity contribution in [2.75, 3.05) is 6.54 Å². The highest BCUT2D eigenvalue weighted by Gasteiger charge is 2.45. The maximum absolute atomic E-state index is 14.4. The molecule has 0 unspecified atom stereocenters. The molecule has 0 bridgehead atoms. The van der Waals surface area contributed by atoms with Crippen LogP contribution in [-0.4, -0.2) is 55.0 Å². The summed E-state index contributed by atoms with van der Waals surface area (Å²) in [5.74, 6) is -3.16. The number of carboxylic acid groups (broad SMARTS) is 1. The number of carbonyl (C=O) groups is 3. The number of ketones is 1. The Morgan fingerprint density at radius 1 is 1.08 bits per heavy atom. The van der Waals surface area contributed by atoms with Gasteiger partial charge in [0.15, 0.2) is 11.5 Å². The van der Waals surface area contributed by atoms with Gasteiger partial charge in [0.2, 0.25) is 0 Å². The van der Waals surface area contributed by atoms with Gasteiger partial charge in [-0.1, -0.05) is 37.0 Å². The first-order valence-electron chi connectivity index (χ1n) is 12.7. The van der Waals surface area contributed by atoms with Gasteiger partial charge >= 0.3 is 12.1 Å². The SMILES string of the molecule is CC1(C)CC[C@@H](N(CC(=O)c2c(Cl)cncc2Cl)C(=O)c2cnn([C@H]3CC[C@H](C(=O)O)CC3)c2C(F)(F)F)C1. The quantitative estimate of drug-likeness (QED) is 0.379. The first kappa shape index (κ1) is 29.3. The molecule has 212 valence electrons. The lowest BCUT2D eigenvalue weighted by atomic mass is 9.86. The van der Waals surface area contributed by atoms with Crippen molar-refractivity contribution in [3.63, 3.8) is 0 Å². The van der Waals surface area contributed by atoms with Crippen LogP contribution in [0.1, 0.15) is 91.2 Å². The third-order valence-corrected chi connectivity index (χ3v) is 8.35. The molecule has 13 heteroatoms. The molecule has 1 amide bonds. The van der Waals surface area contributed by atoms with Crippen molar-refractivity contribution in [3.05, 3.63) is 45.5 Å². The van der Waals surface area contributed by atoms with Gasteiger partial charge in [-0.3, -0.25) is 24.0 Å². The topological polar surface area (TPSA) is 105 Å². The van der Waals surface area contributed by atoms with E-state index in [1.807, 2.05) is 13.8 Å². The number of aromatic nitrogens is 3. The van der Waals surface area contributed by atoms with Crippen LogP contribution in [0.5, 0.6) is 0 Å². The number of nitrogens with zero attached hydrogens (tertiary/aromatic N) is 4. The van der Waals surface area contributed by atoms with Gasteiger partial charge in [-0.25, -0.2) is 0 Å². The predicted molar refractivity (Wildman–Crippen MR) is 137 cm³/mol. The van der Waals surface area contributed by atoms with Crippen molar-refractivity contribution in [2.24, 2.45) is 11.3 Å². The van der Waals surface area contributed by atoms with Gasteiger partial charge in [0.05, 0.1) is 45.9 Å². The Morgan fingerprint density at radius 3 is 2.21 bits per heavy atom. The number of amides is 1. The van der Waals surface area contributed by atoms with Crippen LogP contribution in [-0.2, 0) is 11.0 Å². The minimum absolute atomic E-state index is 0.0209. The molecule has 0 aliphatic heterocycles. The average molecular weight is 589 g/mol. The molecule has 2 heterocycles. The fraction of sp³-hybridized carbons (Fsp3) is 0.577. The number of rotatable bonds is 7. The second-order valence-corrected chi connectivity index (χ2v) is 11.9. The molecule has 2 aromatic rings. The number of alkyl halides is 3. The van der Waals surface area contributed by atoms with Crippen molar-refractivity contribution in [1.29, 1.82) is 0 Å². The molecule has 0 spiro atoms. The number of carboxylic acids is 1. The van der Waals surface area contributed by atoms with Crippen molar-refractivity contribution in [3.8, 4) is 0 Å². The van der Waals surface area contributed by atoms with Crippen molar-refractivity contribution >= 4 is 40.9 Å². The standard InChI is InChI=1S/C26H29Cl2F3N4O4/c1-25(2)8-7-16(9-25)34(13-20(36)21-18(27)11-32-12-19(21)28)23(37)17-10-33-35(22(17)26(29,30)31)15-5-3-14(4-6-15)24(38)39/h10-12,14-16H,3-9,13H2,1-2H3,(H,38,39)/t14-,15-,16-/m1/s1. The Bertz CT molecular complexity index is 1250. The molecule has 4 rings (SSSR count). The number of hydrogen-bond donors (Lipinski definition) is 1. The molecule has 2 fully saturated rings. The van der Waals surface area contributed by atoms with Gasteiger partial charge < -0.3 is 10.0 Å². The van der Waals surface area contributed by atoms with E-state index in [9.17, 15) is 32.7 Å².